The fourth-order valence-electron chi connectivity index (χ4n) is 1.45. The van der Waals surface area contributed by atoms with Crippen LogP contribution in [0.1, 0.15) is 43.3 Å². The number of thiazole rings is 1. The van der Waals surface area contributed by atoms with Gasteiger partial charge >= 0.3 is 0 Å². The van der Waals surface area contributed by atoms with Crippen molar-refractivity contribution in [3.8, 4) is 0 Å². The van der Waals surface area contributed by atoms with Crippen LogP contribution >= 0.6 is 11.3 Å². The van der Waals surface area contributed by atoms with Gasteiger partial charge in [0, 0.05) is 18.5 Å². The number of hydrogen-bond donors (Lipinski definition) is 2. The quantitative estimate of drug-likeness (QED) is 0.637. The number of hydrogen-bond acceptors (Lipinski definition) is 3. The van der Waals surface area contributed by atoms with E-state index in [4.69, 9.17) is 0 Å². The molecular weight excluding hydrogens is 232 g/mol. The third-order valence-corrected chi connectivity index (χ3v) is 3.58. The lowest BCUT2D eigenvalue weighted by atomic mass is 10.2. The highest BCUT2D eigenvalue weighted by molar-refractivity contribution is 7.09. The highest BCUT2D eigenvalue weighted by Gasteiger charge is 2.22. The van der Waals surface area contributed by atoms with Gasteiger partial charge in [-0.05, 0) is 18.8 Å². The van der Waals surface area contributed by atoms with Gasteiger partial charge in [-0.3, -0.25) is 4.99 Å². The van der Waals surface area contributed by atoms with Crippen LogP contribution in [0.5, 0.6) is 0 Å². The summed E-state index contributed by atoms with van der Waals surface area (Å²) in [7, 11) is 1.80. The maximum atomic E-state index is 4.58. The third kappa shape index (κ3) is 3.70. The first-order valence-electron chi connectivity index (χ1n) is 6.10. The van der Waals surface area contributed by atoms with Gasteiger partial charge in [-0.1, -0.05) is 13.8 Å². The second-order valence-electron chi connectivity index (χ2n) is 4.67. The van der Waals surface area contributed by atoms with Gasteiger partial charge in [-0.2, -0.15) is 0 Å². The molecule has 1 aliphatic rings. The Kier molecular flexibility index (Phi) is 3.99. The molecule has 0 bridgehead atoms. The van der Waals surface area contributed by atoms with E-state index in [-0.39, 0.29) is 0 Å². The van der Waals surface area contributed by atoms with Crippen LogP contribution in [0, 0.1) is 0 Å². The highest BCUT2D eigenvalue weighted by atomic mass is 32.1. The number of rotatable bonds is 4. The van der Waals surface area contributed by atoms with Crippen LogP contribution in [-0.4, -0.2) is 24.0 Å². The summed E-state index contributed by atoms with van der Waals surface area (Å²) < 4.78 is 0. The third-order valence-electron chi connectivity index (χ3n) is 2.71. The Morgan fingerprint density at radius 2 is 2.35 bits per heavy atom. The van der Waals surface area contributed by atoms with Gasteiger partial charge in [0.1, 0.15) is 5.01 Å². The van der Waals surface area contributed by atoms with Crippen molar-refractivity contribution in [1.29, 1.82) is 0 Å². The molecule has 17 heavy (non-hydrogen) atoms. The van der Waals surface area contributed by atoms with Crippen molar-refractivity contribution in [3.05, 3.63) is 16.1 Å². The van der Waals surface area contributed by atoms with E-state index in [2.05, 4.69) is 39.8 Å². The number of nitrogens with one attached hydrogen (secondary N) is 2. The summed E-state index contributed by atoms with van der Waals surface area (Å²) in [6.45, 7) is 5.09. The monoisotopic (exact) mass is 252 g/mol. The Balaban J connectivity index is 1.82. The number of aromatic nitrogens is 1. The van der Waals surface area contributed by atoms with E-state index < -0.39 is 0 Å². The molecule has 1 aliphatic carbocycles. The molecule has 5 heteroatoms. The van der Waals surface area contributed by atoms with Gasteiger partial charge in [0.2, 0.25) is 0 Å². The lowest BCUT2D eigenvalue weighted by Gasteiger charge is -2.09. The van der Waals surface area contributed by atoms with Gasteiger partial charge in [-0.25, -0.2) is 4.98 Å². The molecule has 2 rings (SSSR count). The van der Waals surface area contributed by atoms with E-state index in [0.29, 0.717) is 12.0 Å². The van der Waals surface area contributed by atoms with Crippen LogP contribution in [0.4, 0.5) is 0 Å². The predicted octanol–water partition coefficient (Wildman–Crippen LogP) is 2.09. The van der Waals surface area contributed by atoms with Crippen LogP contribution in [0.25, 0.3) is 0 Å². The highest BCUT2D eigenvalue weighted by Crippen LogP contribution is 2.19. The zero-order valence-corrected chi connectivity index (χ0v) is 11.5. The summed E-state index contributed by atoms with van der Waals surface area (Å²) in [5.41, 5.74) is 1.18. The van der Waals surface area contributed by atoms with E-state index >= 15 is 0 Å². The summed E-state index contributed by atoms with van der Waals surface area (Å²) in [5.74, 6) is 1.39. The Morgan fingerprint density at radius 3 is 2.88 bits per heavy atom. The lowest BCUT2D eigenvalue weighted by Crippen LogP contribution is -2.38. The second kappa shape index (κ2) is 5.49. The first kappa shape index (κ1) is 12.4. The molecule has 1 fully saturated rings. The number of guanidine groups is 1. The van der Waals surface area contributed by atoms with E-state index in [0.717, 1.165) is 17.5 Å². The predicted molar refractivity (Wildman–Crippen MR) is 72.6 cm³/mol. The van der Waals surface area contributed by atoms with Crippen molar-refractivity contribution in [2.24, 2.45) is 4.99 Å². The number of nitrogens with zero attached hydrogens (tertiary/aromatic N) is 2. The standard InChI is InChI=1S/C12H20N4S/c1-8(2)10-7-17-11(16-10)6-14-12(13-3)15-9-4-5-9/h7-9H,4-6H2,1-3H3,(H2,13,14,15). The van der Waals surface area contributed by atoms with Gasteiger partial charge < -0.3 is 10.6 Å². The number of aliphatic imine (C=N–C) groups is 1. The van der Waals surface area contributed by atoms with E-state index in [1.165, 1.54) is 18.5 Å². The molecule has 0 saturated heterocycles. The van der Waals surface area contributed by atoms with Gasteiger partial charge in [0.25, 0.3) is 0 Å². The van der Waals surface area contributed by atoms with Crippen LogP contribution in [-0.2, 0) is 6.54 Å². The van der Waals surface area contributed by atoms with Crippen molar-refractivity contribution in [2.45, 2.75) is 45.2 Å². The van der Waals surface area contributed by atoms with E-state index in [1.54, 1.807) is 18.4 Å². The minimum Gasteiger partial charge on any atom is -0.354 e. The molecular formula is C12H20N4S. The average molecular weight is 252 g/mol. The molecule has 0 amide bonds. The summed E-state index contributed by atoms with van der Waals surface area (Å²) in [4.78, 5) is 8.78. The molecule has 4 nitrogen and oxygen atoms in total. The molecule has 1 heterocycles. The molecule has 94 valence electrons. The maximum absolute atomic E-state index is 4.58. The Hall–Kier alpha value is -1.10. The summed E-state index contributed by atoms with van der Waals surface area (Å²) in [6, 6.07) is 0.628. The largest absolute Gasteiger partial charge is 0.354 e. The molecule has 0 unspecified atom stereocenters. The van der Waals surface area contributed by atoms with Crippen LogP contribution in [0.3, 0.4) is 0 Å². The van der Waals surface area contributed by atoms with Crippen molar-refractivity contribution in [1.82, 2.24) is 15.6 Å². The molecule has 1 aromatic heterocycles. The minimum atomic E-state index is 0.504. The van der Waals surface area contributed by atoms with E-state index in [9.17, 15) is 0 Å². The van der Waals surface area contributed by atoms with Crippen molar-refractivity contribution in [3.63, 3.8) is 0 Å². The normalized spacial score (nSPS) is 16.4. The van der Waals surface area contributed by atoms with Crippen molar-refractivity contribution >= 4 is 17.3 Å². The smallest absolute Gasteiger partial charge is 0.191 e. The summed E-state index contributed by atoms with van der Waals surface area (Å²) >= 11 is 1.71. The molecule has 0 radical (unpaired) electrons. The molecule has 0 atom stereocenters. The first-order chi connectivity index (χ1) is 8.19. The summed E-state index contributed by atoms with van der Waals surface area (Å²) in [5, 5.41) is 9.91. The lowest BCUT2D eigenvalue weighted by molar-refractivity contribution is 0.783. The molecule has 1 saturated carbocycles. The topological polar surface area (TPSA) is 49.3 Å². The molecule has 0 spiro atoms. The Morgan fingerprint density at radius 1 is 1.59 bits per heavy atom. The fourth-order valence-corrected chi connectivity index (χ4v) is 2.34. The molecule has 1 aromatic rings. The maximum Gasteiger partial charge on any atom is 0.191 e. The zero-order valence-electron chi connectivity index (χ0n) is 10.7. The molecule has 0 aromatic carbocycles. The SMILES string of the molecule is CN=C(NCc1nc(C(C)C)cs1)NC1CC1. The fraction of sp³-hybridized carbons (Fsp3) is 0.667. The summed E-state index contributed by atoms with van der Waals surface area (Å²) in [6.07, 6.45) is 2.52. The van der Waals surface area contributed by atoms with Crippen molar-refractivity contribution in [2.75, 3.05) is 7.05 Å². The van der Waals surface area contributed by atoms with Crippen LogP contribution in [0.2, 0.25) is 0 Å². The molecule has 0 aliphatic heterocycles. The van der Waals surface area contributed by atoms with Crippen LogP contribution in [0.15, 0.2) is 10.4 Å². The first-order valence-corrected chi connectivity index (χ1v) is 6.98. The second-order valence-corrected chi connectivity index (χ2v) is 5.61. The van der Waals surface area contributed by atoms with E-state index in [1.807, 2.05) is 0 Å². The average Bonchev–Trinajstić information content (AvgIpc) is 2.99. The zero-order chi connectivity index (χ0) is 12.3. The van der Waals surface area contributed by atoms with Gasteiger partial charge in [0.15, 0.2) is 5.96 Å². The molecule has 2 N–H and O–H groups in total. The Bertz CT molecular complexity index is 393. The van der Waals surface area contributed by atoms with Crippen molar-refractivity contribution < 1.29 is 0 Å². The van der Waals surface area contributed by atoms with Crippen LogP contribution < -0.4 is 10.6 Å². The Labute approximate surface area is 107 Å². The van der Waals surface area contributed by atoms with Gasteiger partial charge in [0.05, 0.1) is 12.2 Å². The minimum absolute atomic E-state index is 0.504. The van der Waals surface area contributed by atoms with Gasteiger partial charge in [-0.15, -0.1) is 11.3 Å².